The van der Waals surface area contributed by atoms with E-state index < -0.39 is 0 Å². The van der Waals surface area contributed by atoms with Gasteiger partial charge in [-0.1, -0.05) is 29.8 Å². The first kappa shape index (κ1) is 18.2. The van der Waals surface area contributed by atoms with Crippen molar-refractivity contribution < 1.29 is 9.90 Å². The predicted octanol–water partition coefficient (Wildman–Crippen LogP) is 1.35. The molecule has 24 heavy (non-hydrogen) atoms. The van der Waals surface area contributed by atoms with Gasteiger partial charge in [-0.15, -0.1) is 0 Å². The fourth-order valence-electron chi connectivity index (χ4n) is 2.80. The van der Waals surface area contributed by atoms with Crippen LogP contribution in [0.4, 0.5) is 0 Å². The molecular weight excluding hydrogens is 304 g/mol. The molecule has 6 nitrogen and oxygen atoms in total. The molecule has 1 aromatic carbocycles. The number of aryl methyl sites for hydroxylation is 2. The first-order chi connectivity index (χ1) is 11.4. The Kier molecular flexibility index (Phi) is 6.11. The third kappa shape index (κ3) is 4.21. The number of amides is 1. The Morgan fingerprint density at radius 3 is 2.67 bits per heavy atom. The first-order valence-electron chi connectivity index (χ1n) is 8.02. The number of hydrogen-bond donors (Lipinski definition) is 1. The van der Waals surface area contributed by atoms with E-state index in [0.29, 0.717) is 13.1 Å². The van der Waals surface area contributed by atoms with Crippen molar-refractivity contribution in [2.45, 2.75) is 19.5 Å². The maximum Gasteiger partial charge on any atom is 0.244 e. The SMILES string of the molecule is Cc1cccc(C(C(=O)N(CCO)Cc2cncn2C)N(C)C)c1. The van der Waals surface area contributed by atoms with Gasteiger partial charge in [0.15, 0.2) is 0 Å². The number of aromatic nitrogens is 2. The summed E-state index contributed by atoms with van der Waals surface area (Å²) >= 11 is 0. The summed E-state index contributed by atoms with van der Waals surface area (Å²) in [4.78, 5) is 20.9. The molecule has 0 aliphatic carbocycles. The average Bonchev–Trinajstić information content (AvgIpc) is 2.92. The highest BCUT2D eigenvalue weighted by Crippen LogP contribution is 2.23. The largest absolute Gasteiger partial charge is 0.395 e. The van der Waals surface area contributed by atoms with Gasteiger partial charge in [0.25, 0.3) is 0 Å². The first-order valence-corrected chi connectivity index (χ1v) is 8.02. The van der Waals surface area contributed by atoms with Gasteiger partial charge < -0.3 is 14.6 Å². The van der Waals surface area contributed by atoms with Crippen LogP contribution in [-0.2, 0) is 18.4 Å². The lowest BCUT2D eigenvalue weighted by Crippen LogP contribution is -2.41. The van der Waals surface area contributed by atoms with Gasteiger partial charge in [0.05, 0.1) is 25.2 Å². The molecule has 0 saturated carbocycles. The summed E-state index contributed by atoms with van der Waals surface area (Å²) in [5.41, 5.74) is 3.00. The number of aliphatic hydroxyl groups is 1. The molecule has 2 aromatic rings. The molecule has 1 heterocycles. The van der Waals surface area contributed by atoms with Crippen LogP contribution in [0, 0.1) is 6.92 Å². The third-order valence-corrected chi connectivity index (χ3v) is 4.06. The molecule has 0 bridgehead atoms. The Morgan fingerprint density at radius 1 is 1.38 bits per heavy atom. The van der Waals surface area contributed by atoms with E-state index in [1.165, 1.54) is 0 Å². The minimum atomic E-state index is -0.385. The minimum Gasteiger partial charge on any atom is -0.395 e. The molecule has 1 unspecified atom stereocenters. The Morgan fingerprint density at radius 2 is 2.12 bits per heavy atom. The van der Waals surface area contributed by atoms with E-state index in [2.05, 4.69) is 4.98 Å². The molecule has 1 atom stereocenters. The molecule has 130 valence electrons. The van der Waals surface area contributed by atoms with E-state index in [9.17, 15) is 9.90 Å². The highest BCUT2D eigenvalue weighted by Gasteiger charge is 2.28. The van der Waals surface area contributed by atoms with Crippen molar-refractivity contribution in [1.29, 1.82) is 0 Å². The number of nitrogens with zero attached hydrogens (tertiary/aromatic N) is 4. The topological polar surface area (TPSA) is 61.6 Å². The van der Waals surface area contributed by atoms with Gasteiger partial charge >= 0.3 is 0 Å². The monoisotopic (exact) mass is 330 g/mol. The molecule has 0 aliphatic rings. The second kappa shape index (κ2) is 8.08. The molecule has 0 spiro atoms. The Hall–Kier alpha value is -2.18. The predicted molar refractivity (Wildman–Crippen MR) is 93.3 cm³/mol. The van der Waals surface area contributed by atoms with Crippen LogP contribution in [-0.4, -0.2) is 57.6 Å². The Balaban J connectivity index is 2.29. The van der Waals surface area contributed by atoms with Gasteiger partial charge in [-0.25, -0.2) is 4.98 Å². The van der Waals surface area contributed by atoms with Crippen LogP contribution in [0.2, 0.25) is 0 Å². The van der Waals surface area contributed by atoms with Crippen LogP contribution in [0.25, 0.3) is 0 Å². The van der Waals surface area contributed by atoms with Gasteiger partial charge in [0, 0.05) is 19.8 Å². The lowest BCUT2D eigenvalue weighted by atomic mass is 10.0. The molecule has 6 heteroatoms. The van der Waals surface area contributed by atoms with E-state index in [4.69, 9.17) is 0 Å². The standard InChI is InChI=1S/C18H26N4O2/c1-14-6-5-7-15(10-14)17(20(2)3)18(24)22(8-9-23)12-16-11-19-13-21(16)4/h5-7,10-11,13,17,23H,8-9,12H2,1-4H3. The molecule has 0 fully saturated rings. The van der Waals surface area contributed by atoms with Crippen LogP contribution in [0.1, 0.15) is 22.9 Å². The smallest absolute Gasteiger partial charge is 0.244 e. The number of rotatable bonds is 7. The van der Waals surface area contributed by atoms with Gasteiger partial charge in [-0.2, -0.15) is 0 Å². The third-order valence-electron chi connectivity index (χ3n) is 4.06. The number of imidazole rings is 1. The summed E-state index contributed by atoms with van der Waals surface area (Å²) in [6, 6.07) is 7.60. The molecule has 2 rings (SSSR count). The van der Waals surface area contributed by atoms with Crippen molar-refractivity contribution in [2.24, 2.45) is 7.05 Å². The highest BCUT2D eigenvalue weighted by molar-refractivity contribution is 5.83. The van der Waals surface area contributed by atoms with Crippen molar-refractivity contribution in [3.8, 4) is 0 Å². The number of benzene rings is 1. The second-order valence-electron chi connectivity index (χ2n) is 6.26. The summed E-state index contributed by atoms with van der Waals surface area (Å²) in [7, 11) is 5.69. The van der Waals surface area contributed by atoms with E-state index in [-0.39, 0.29) is 18.6 Å². The van der Waals surface area contributed by atoms with E-state index in [1.54, 1.807) is 17.4 Å². The number of likely N-dealkylation sites (N-methyl/N-ethyl adjacent to an activating group) is 1. The maximum absolute atomic E-state index is 13.2. The zero-order chi connectivity index (χ0) is 17.7. The van der Waals surface area contributed by atoms with Gasteiger partial charge in [0.2, 0.25) is 5.91 Å². The van der Waals surface area contributed by atoms with Crippen LogP contribution >= 0.6 is 0 Å². The Bertz CT molecular complexity index is 681. The van der Waals surface area contributed by atoms with Gasteiger partial charge in [0.1, 0.15) is 6.04 Å². The summed E-state index contributed by atoms with van der Waals surface area (Å²) < 4.78 is 1.88. The number of aliphatic hydroxyl groups excluding tert-OH is 1. The van der Waals surface area contributed by atoms with Crippen molar-refractivity contribution >= 4 is 5.91 Å². The van der Waals surface area contributed by atoms with Crippen LogP contribution in [0.15, 0.2) is 36.8 Å². The molecule has 0 saturated heterocycles. The summed E-state index contributed by atoms with van der Waals surface area (Å²) in [5.74, 6) is -0.0270. The normalized spacial score (nSPS) is 12.4. The number of hydrogen-bond acceptors (Lipinski definition) is 4. The van der Waals surface area contributed by atoms with E-state index in [1.807, 2.05) is 61.8 Å². The van der Waals surface area contributed by atoms with Crippen molar-refractivity contribution in [1.82, 2.24) is 19.4 Å². The molecule has 1 amide bonds. The number of carbonyl (C=O) groups excluding carboxylic acids is 1. The maximum atomic E-state index is 13.2. The molecule has 0 aliphatic heterocycles. The van der Waals surface area contributed by atoms with E-state index in [0.717, 1.165) is 16.8 Å². The van der Waals surface area contributed by atoms with Gasteiger partial charge in [-0.3, -0.25) is 9.69 Å². The van der Waals surface area contributed by atoms with Crippen molar-refractivity contribution in [3.63, 3.8) is 0 Å². The lowest BCUT2D eigenvalue weighted by Gasteiger charge is -2.31. The fraction of sp³-hybridized carbons (Fsp3) is 0.444. The zero-order valence-electron chi connectivity index (χ0n) is 14.8. The van der Waals surface area contributed by atoms with Crippen molar-refractivity contribution in [3.05, 3.63) is 53.6 Å². The van der Waals surface area contributed by atoms with Crippen LogP contribution in [0.5, 0.6) is 0 Å². The molecule has 1 N–H and O–H groups in total. The number of carbonyl (C=O) groups is 1. The molecular formula is C18H26N4O2. The van der Waals surface area contributed by atoms with Crippen LogP contribution < -0.4 is 0 Å². The van der Waals surface area contributed by atoms with E-state index >= 15 is 0 Å². The second-order valence-corrected chi connectivity index (χ2v) is 6.26. The summed E-state index contributed by atoms with van der Waals surface area (Å²) in [6.07, 6.45) is 3.45. The Labute approximate surface area is 143 Å². The lowest BCUT2D eigenvalue weighted by molar-refractivity contribution is -0.137. The van der Waals surface area contributed by atoms with Crippen LogP contribution in [0.3, 0.4) is 0 Å². The van der Waals surface area contributed by atoms with Crippen molar-refractivity contribution in [2.75, 3.05) is 27.2 Å². The highest BCUT2D eigenvalue weighted by atomic mass is 16.3. The minimum absolute atomic E-state index is 0.0270. The quantitative estimate of drug-likeness (QED) is 0.832. The summed E-state index contributed by atoms with van der Waals surface area (Å²) in [6.45, 7) is 2.66. The summed E-state index contributed by atoms with van der Waals surface area (Å²) in [5, 5.41) is 9.39. The zero-order valence-corrected chi connectivity index (χ0v) is 14.8. The van der Waals surface area contributed by atoms with Gasteiger partial charge in [-0.05, 0) is 26.6 Å². The fourth-order valence-corrected chi connectivity index (χ4v) is 2.80. The average molecular weight is 330 g/mol. The molecule has 0 radical (unpaired) electrons. The molecule has 1 aromatic heterocycles.